The van der Waals surface area contributed by atoms with Crippen molar-refractivity contribution in [2.75, 3.05) is 0 Å². The van der Waals surface area contributed by atoms with E-state index in [4.69, 9.17) is 5.11 Å². The number of carboxylic acids is 1. The molecule has 0 aromatic rings. The van der Waals surface area contributed by atoms with Crippen molar-refractivity contribution in [1.29, 1.82) is 0 Å². The Morgan fingerprint density at radius 1 is 1.05 bits per heavy atom. The van der Waals surface area contributed by atoms with Crippen LogP contribution in [0.3, 0.4) is 0 Å². The minimum Gasteiger partial charge on any atom is -0.481 e. The molecule has 1 unspecified atom stereocenters. The summed E-state index contributed by atoms with van der Waals surface area (Å²) in [4.78, 5) is 22.8. The van der Waals surface area contributed by atoms with Gasteiger partial charge >= 0.3 is 12.0 Å². The lowest BCUT2D eigenvalue weighted by Gasteiger charge is -2.28. The summed E-state index contributed by atoms with van der Waals surface area (Å²) in [6.07, 6.45) is 7.84. The van der Waals surface area contributed by atoms with Crippen LogP contribution in [0.5, 0.6) is 0 Å². The molecule has 2 rings (SSSR count). The summed E-state index contributed by atoms with van der Waals surface area (Å²) in [7, 11) is 0. The van der Waals surface area contributed by atoms with E-state index in [-0.39, 0.29) is 24.0 Å². The number of hydrogen-bond acceptors (Lipinski definition) is 2. The fraction of sp³-hybridized carbons (Fsp3) is 0.867. The summed E-state index contributed by atoms with van der Waals surface area (Å²) in [6, 6.07) is 0.261. The first-order chi connectivity index (χ1) is 9.56. The predicted molar refractivity (Wildman–Crippen MR) is 76.5 cm³/mol. The summed E-state index contributed by atoms with van der Waals surface area (Å²) in [5, 5.41) is 15.0. The van der Waals surface area contributed by atoms with Crippen LogP contribution in [0.4, 0.5) is 4.79 Å². The van der Waals surface area contributed by atoms with Gasteiger partial charge in [-0.25, -0.2) is 4.79 Å². The molecule has 2 saturated carbocycles. The van der Waals surface area contributed by atoms with Crippen LogP contribution in [0.1, 0.15) is 58.3 Å². The van der Waals surface area contributed by atoms with Crippen molar-refractivity contribution < 1.29 is 14.7 Å². The summed E-state index contributed by atoms with van der Waals surface area (Å²) < 4.78 is 0. The SMILES string of the molecule is CC(NC(=O)NC1CCC(C(=O)O)CC1)C1CCCC1. The van der Waals surface area contributed by atoms with E-state index >= 15 is 0 Å². The van der Waals surface area contributed by atoms with Crippen LogP contribution in [-0.2, 0) is 4.79 Å². The normalized spacial score (nSPS) is 28.9. The van der Waals surface area contributed by atoms with Crippen LogP contribution in [0.15, 0.2) is 0 Å². The fourth-order valence-electron chi connectivity index (χ4n) is 3.49. The van der Waals surface area contributed by atoms with Crippen LogP contribution in [0, 0.1) is 11.8 Å². The van der Waals surface area contributed by atoms with Gasteiger partial charge in [0.25, 0.3) is 0 Å². The van der Waals surface area contributed by atoms with Gasteiger partial charge in [-0.1, -0.05) is 12.8 Å². The Hall–Kier alpha value is -1.26. The van der Waals surface area contributed by atoms with E-state index in [0.717, 1.165) is 12.8 Å². The van der Waals surface area contributed by atoms with Gasteiger partial charge in [0.2, 0.25) is 0 Å². The minimum atomic E-state index is -0.706. The Morgan fingerprint density at radius 3 is 2.20 bits per heavy atom. The first kappa shape index (κ1) is 15.1. The van der Waals surface area contributed by atoms with Gasteiger partial charge in [0, 0.05) is 12.1 Å². The largest absolute Gasteiger partial charge is 0.481 e. The first-order valence-corrected chi connectivity index (χ1v) is 7.86. The van der Waals surface area contributed by atoms with E-state index in [2.05, 4.69) is 17.6 Å². The fourth-order valence-corrected chi connectivity index (χ4v) is 3.49. The van der Waals surface area contributed by atoms with Gasteiger partial charge in [-0.2, -0.15) is 0 Å². The van der Waals surface area contributed by atoms with Crippen molar-refractivity contribution in [2.45, 2.75) is 70.4 Å². The summed E-state index contributed by atoms with van der Waals surface area (Å²) in [5.74, 6) is -0.320. The van der Waals surface area contributed by atoms with Crippen LogP contribution < -0.4 is 10.6 Å². The van der Waals surface area contributed by atoms with E-state index < -0.39 is 5.97 Å². The Labute approximate surface area is 120 Å². The highest BCUT2D eigenvalue weighted by Crippen LogP contribution is 2.27. The summed E-state index contributed by atoms with van der Waals surface area (Å²) in [5.41, 5.74) is 0. The van der Waals surface area contributed by atoms with Crippen LogP contribution in [-0.4, -0.2) is 29.2 Å². The molecule has 0 bridgehead atoms. The Kier molecular flexibility index (Phi) is 5.26. The summed E-state index contributed by atoms with van der Waals surface area (Å²) in [6.45, 7) is 2.08. The zero-order chi connectivity index (χ0) is 14.5. The van der Waals surface area contributed by atoms with E-state index in [1.165, 1.54) is 25.7 Å². The molecule has 0 saturated heterocycles. The third-order valence-electron chi connectivity index (χ3n) is 4.88. The molecule has 1 atom stereocenters. The first-order valence-electron chi connectivity index (χ1n) is 7.86. The van der Waals surface area contributed by atoms with Gasteiger partial charge < -0.3 is 15.7 Å². The van der Waals surface area contributed by atoms with Gasteiger partial charge in [-0.05, 0) is 51.4 Å². The highest BCUT2D eigenvalue weighted by atomic mass is 16.4. The molecule has 3 N–H and O–H groups in total. The van der Waals surface area contributed by atoms with Crippen molar-refractivity contribution >= 4 is 12.0 Å². The molecule has 20 heavy (non-hydrogen) atoms. The molecule has 5 nitrogen and oxygen atoms in total. The van der Waals surface area contributed by atoms with Crippen molar-refractivity contribution in [3.05, 3.63) is 0 Å². The average molecular weight is 282 g/mol. The molecule has 114 valence electrons. The summed E-state index contributed by atoms with van der Waals surface area (Å²) >= 11 is 0. The standard InChI is InChI=1S/C15H26N2O3/c1-10(11-4-2-3-5-11)16-15(20)17-13-8-6-12(7-9-13)14(18)19/h10-13H,2-9H2,1H3,(H,18,19)(H2,16,17,20). The Bertz CT molecular complexity index is 345. The topological polar surface area (TPSA) is 78.4 Å². The van der Waals surface area contributed by atoms with Crippen molar-refractivity contribution in [3.8, 4) is 0 Å². The number of hydrogen-bond donors (Lipinski definition) is 3. The number of rotatable bonds is 4. The van der Waals surface area contributed by atoms with Crippen LogP contribution in [0.25, 0.3) is 0 Å². The van der Waals surface area contributed by atoms with Crippen LogP contribution >= 0.6 is 0 Å². The smallest absolute Gasteiger partial charge is 0.315 e. The molecule has 0 heterocycles. The maximum atomic E-state index is 12.0. The van der Waals surface area contributed by atoms with Crippen molar-refractivity contribution in [1.82, 2.24) is 10.6 Å². The monoisotopic (exact) mass is 282 g/mol. The Balaban J connectivity index is 1.68. The van der Waals surface area contributed by atoms with E-state index in [9.17, 15) is 9.59 Å². The molecule has 5 heteroatoms. The molecule has 0 aromatic heterocycles. The number of urea groups is 1. The molecule has 2 aliphatic rings. The highest BCUT2D eigenvalue weighted by molar-refractivity contribution is 5.74. The number of amides is 2. The lowest BCUT2D eigenvalue weighted by molar-refractivity contribution is -0.142. The molecule has 2 amide bonds. The van der Waals surface area contributed by atoms with E-state index in [0.29, 0.717) is 18.8 Å². The second kappa shape index (κ2) is 6.95. The predicted octanol–water partition coefficient (Wildman–Crippen LogP) is 2.51. The number of carboxylic acid groups (broad SMARTS) is 1. The molecular weight excluding hydrogens is 256 g/mol. The van der Waals surface area contributed by atoms with Crippen molar-refractivity contribution in [3.63, 3.8) is 0 Å². The molecule has 0 radical (unpaired) electrons. The zero-order valence-electron chi connectivity index (χ0n) is 12.2. The average Bonchev–Trinajstić information content (AvgIpc) is 2.93. The lowest BCUT2D eigenvalue weighted by Crippen LogP contribution is -2.48. The van der Waals surface area contributed by atoms with Crippen molar-refractivity contribution in [2.24, 2.45) is 11.8 Å². The van der Waals surface area contributed by atoms with Crippen LogP contribution in [0.2, 0.25) is 0 Å². The number of carbonyl (C=O) groups is 2. The van der Waals surface area contributed by atoms with E-state index in [1.807, 2.05) is 0 Å². The molecule has 0 aromatic carbocycles. The second-order valence-electron chi connectivity index (χ2n) is 6.34. The van der Waals surface area contributed by atoms with Gasteiger partial charge in [0.1, 0.15) is 0 Å². The minimum absolute atomic E-state index is 0.0943. The van der Waals surface area contributed by atoms with E-state index in [1.54, 1.807) is 0 Å². The maximum absolute atomic E-state index is 12.0. The van der Waals surface area contributed by atoms with Gasteiger partial charge in [-0.15, -0.1) is 0 Å². The quantitative estimate of drug-likeness (QED) is 0.741. The third-order valence-corrected chi connectivity index (χ3v) is 4.88. The molecular formula is C15H26N2O3. The third kappa shape index (κ3) is 4.12. The molecule has 0 spiro atoms. The van der Waals surface area contributed by atoms with Gasteiger partial charge in [0.05, 0.1) is 5.92 Å². The van der Waals surface area contributed by atoms with Gasteiger partial charge in [0.15, 0.2) is 0 Å². The number of carbonyl (C=O) groups excluding carboxylic acids is 1. The number of nitrogens with one attached hydrogen (secondary N) is 2. The second-order valence-corrected chi connectivity index (χ2v) is 6.34. The zero-order valence-corrected chi connectivity index (χ0v) is 12.2. The lowest BCUT2D eigenvalue weighted by atomic mass is 9.86. The Morgan fingerprint density at radius 2 is 1.65 bits per heavy atom. The maximum Gasteiger partial charge on any atom is 0.315 e. The number of aliphatic carboxylic acids is 1. The molecule has 0 aliphatic heterocycles. The molecule has 2 fully saturated rings. The molecule has 2 aliphatic carbocycles. The van der Waals surface area contributed by atoms with Gasteiger partial charge in [-0.3, -0.25) is 4.79 Å². The highest BCUT2D eigenvalue weighted by Gasteiger charge is 2.28.